The van der Waals surface area contributed by atoms with Crippen molar-refractivity contribution in [2.45, 2.75) is 25.8 Å². The molecule has 0 aromatic heterocycles. The van der Waals surface area contributed by atoms with Crippen LogP contribution >= 0.6 is 11.6 Å². The molecule has 6 nitrogen and oxygen atoms in total. The first-order valence-electron chi connectivity index (χ1n) is 6.66. The first kappa shape index (κ1) is 18.3. The molecule has 122 valence electrons. The third-order valence-electron chi connectivity index (χ3n) is 2.94. The second-order valence-electron chi connectivity index (χ2n) is 5.31. The highest BCUT2D eigenvalue weighted by Crippen LogP contribution is 2.21. The topological polar surface area (TPSA) is 84.9 Å². The second-order valence-corrected chi connectivity index (χ2v) is 5.72. The molecule has 0 aliphatic carbocycles. The molecule has 0 radical (unpaired) electrons. The lowest BCUT2D eigenvalue weighted by molar-refractivity contribution is -0.139. The van der Waals surface area contributed by atoms with Crippen molar-refractivity contribution < 1.29 is 24.2 Å². The van der Waals surface area contributed by atoms with Crippen molar-refractivity contribution >= 4 is 23.5 Å². The first-order valence-corrected chi connectivity index (χ1v) is 7.04. The van der Waals surface area contributed by atoms with E-state index in [0.29, 0.717) is 10.8 Å². The Labute approximate surface area is 134 Å². The van der Waals surface area contributed by atoms with Crippen LogP contribution in [0.3, 0.4) is 0 Å². The Bertz CT molecular complexity index is 549. The van der Waals surface area contributed by atoms with Crippen LogP contribution in [0.2, 0.25) is 5.02 Å². The van der Waals surface area contributed by atoms with Crippen molar-refractivity contribution in [3.8, 4) is 5.75 Å². The third-order valence-corrected chi connectivity index (χ3v) is 3.37. The van der Waals surface area contributed by atoms with Crippen LogP contribution in [0.5, 0.6) is 5.75 Å². The van der Waals surface area contributed by atoms with E-state index in [-0.39, 0.29) is 19.6 Å². The fourth-order valence-electron chi connectivity index (χ4n) is 2.01. The highest BCUT2D eigenvalue weighted by molar-refractivity contribution is 6.31. The normalized spacial score (nSPS) is 13.3. The van der Waals surface area contributed by atoms with Gasteiger partial charge in [0.1, 0.15) is 5.75 Å². The lowest BCUT2D eigenvalue weighted by Gasteiger charge is -2.28. The average Bonchev–Trinajstić information content (AvgIpc) is 2.39. The molecule has 1 atom stereocenters. The fraction of sp³-hybridized carbons (Fsp3) is 0.467. The number of methoxy groups -OCH3 is 1. The Morgan fingerprint density at radius 3 is 2.64 bits per heavy atom. The van der Waals surface area contributed by atoms with E-state index in [9.17, 15) is 9.59 Å². The maximum atomic E-state index is 11.9. The third kappa shape index (κ3) is 5.91. The lowest BCUT2D eigenvalue weighted by Crippen LogP contribution is -2.52. The van der Waals surface area contributed by atoms with Crippen molar-refractivity contribution in [2.24, 2.45) is 0 Å². The molecule has 0 heterocycles. The number of aliphatic carboxylic acids is 1. The number of rotatable bonds is 8. The summed E-state index contributed by atoms with van der Waals surface area (Å²) in [4.78, 5) is 22.8. The van der Waals surface area contributed by atoms with Crippen LogP contribution in [0.1, 0.15) is 18.9 Å². The van der Waals surface area contributed by atoms with Gasteiger partial charge in [-0.15, -0.1) is 0 Å². The maximum absolute atomic E-state index is 11.9. The Hall–Kier alpha value is -1.79. The van der Waals surface area contributed by atoms with E-state index in [4.69, 9.17) is 26.2 Å². The van der Waals surface area contributed by atoms with Crippen LogP contribution in [0.4, 0.5) is 0 Å². The van der Waals surface area contributed by atoms with Crippen molar-refractivity contribution in [1.82, 2.24) is 5.32 Å². The van der Waals surface area contributed by atoms with Gasteiger partial charge in [0.25, 0.3) is 5.91 Å². The van der Waals surface area contributed by atoms with E-state index in [2.05, 4.69) is 5.32 Å². The molecule has 0 aliphatic heterocycles. The van der Waals surface area contributed by atoms with Crippen molar-refractivity contribution in [2.75, 3.05) is 20.3 Å². The van der Waals surface area contributed by atoms with Gasteiger partial charge in [0.15, 0.2) is 6.61 Å². The summed E-state index contributed by atoms with van der Waals surface area (Å²) >= 11 is 5.91. The van der Waals surface area contributed by atoms with Gasteiger partial charge in [0, 0.05) is 12.1 Å². The van der Waals surface area contributed by atoms with Crippen LogP contribution in [0.25, 0.3) is 0 Å². The van der Waals surface area contributed by atoms with Gasteiger partial charge < -0.3 is 19.9 Å². The van der Waals surface area contributed by atoms with Gasteiger partial charge >= 0.3 is 5.97 Å². The zero-order valence-electron chi connectivity index (χ0n) is 12.8. The predicted octanol–water partition coefficient (Wildman–Crippen LogP) is 2.02. The van der Waals surface area contributed by atoms with Crippen LogP contribution in [0.15, 0.2) is 18.2 Å². The number of ether oxygens (including phenoxy) is 2. The average molecular weight is 330 g/mol. The molecular weight excluding hydrogens is 310 g/mol. The largest absolute Gasteiger partial charge is 0.484 e. The standard InChI is InChI=1S/C15H20ClNO5/c1-10-6-11(4-5-12(10)16)22-8-13(18)17-15(2,9-21-3)7-14(19)20/h4-6H,7-9H2,1-3H3,(H,17,18)(H,19,20). The van der Waals surface area contributed by atoms with Crippen LogP contribution < -0.4 is 10.1 Å². The number of benzene rings is 1. The molecular formula is C15H20ClNO5. The van der Waals surface area contributed by atoms with E-state index in [1.54, 1.807) is 25.1 Å². The van der Waals surface area contributed by atoms with Gasteiger partial charge in [-0.05, 0) is 37.6 Å². The van der Waals surface area contributed by atoms with Crippen LogP contribution in [0, 0.1) is 6.92 Å². The van der Waals surface area contributed by atoms with Gasteiger partial charge in [-0.2, -0.15) is 0 Å². The maximum Gasteiger partial charge on any atom is 0.305 e. The molecule has 1 rings (SSSR count). The highest BCUT2D eigenvalue weighted by Gasteiger charge is 2.29. The van der Waals surface area contributed by atoms with Crippen molar-refractivity contribution in [3.05, 3.63) is 28.8 Å². The molecule has 1 amide bonds. The number of carboxylic acids is 1. The Morgan fingerprint density at radius 2 is 2.09 bits per heavy atom. The number of aryl methyl sites for hydroxylation is 1. The summed E-state index contributed by atoms with van der Waals surface area (Å²) in [6.07, 6.45) is -0.243. The lowest BCUT2D eigenvalue weighted by atomic mass is 9.99. The monoisotopic (exact) mass is 329 g/mol. The first-order chi connectivity index (χ1) is 10.3. The molecule has 0 aliphatic rings. The van der Waals surface area contributed by atoms with E-state index in [1.807, 2.05) is 6.92 Å². The zero-order valence-corrected chi connectivity index (χ0v) is 13.6. The smallest absolute Gasteiger partial charge is 0.305 e. The molecule has 0 saturated heterocycles. The van der Waals surface area contributed by atoms with Gasteiger partial charge in [-0.1, -0.05) is 11.6 Å². The number of nitrogens with one attached hydrogen (secondary N) is 1. The Kier molecular flexibility index (Phi) is 6.64. The quantitative estimate of drug-likeness (QED) is 0.762. The number of carbonyl (C=O) groups is 2. The highest BCUT2D eigenvalue weighted by atomic mass is 35.5. The number of halogens is 1. The molecule has 2 N–H and O–H groups in total. The number of amides is 1. The molecule has 7 heteroatoms. The second kappa shape index (κ2) is 8.00. The minimum Gasteiger partial charge on any atom is -0.484 e. The number of hydrogen-bond donors (Lipinski definition) is 2. The summed E-state index contributed by atoms with van der Waals surface area (Å²) < 4.78 is 10.3. The number of carbonyl (C=O) groups excluding carboxylic acids is 1. The molecule has 1 aromatic rings. The minimum atomic E-state index is -1.02. The fourth-order valence-corrected chi connectivity index (χ4v) is 2.13. The molecule has 1 unspecified atom stereocenters. The van der Waals surface area contributed by atoms with E-state index >= 15 is 0 Å². The van der Waals surface area contributed by atoms with E-state index in [0.717, 1.165) is 5.56 Å². The van der Waals surface area contributed by atoms with Gasteiger partial charge in [0.2, 0.25) is 0 Å². The molecule has 0 saturated carbocycles. The van der Waals surface area contributed by atoms with Crippen molar-refractivity contribution in [3.63, 3.8) is 0 Å². The van der Waals surface area contributed by atoms with E-state index in [1.165, 1.54) is 7.11 Å². The number of carboxylic acid groups (broad SMARTS) is 1. The summed E-state index contributed by atoms with van der Waals surface area (Å²) in [6, 6.07) is 5.07. The summed E-state index contributed by atoms with van der Waals surface area (Å²) in [7, 11) is 1.44. The van der Waals surface area contributed by atoms with Gasteiger partial charge in [-0.3, -0.25) is 9.59 Å². The van der Waals surface area contributed by atoms with E-state index < -0.39 is 17.4 Å². The summed E-state index contributed by atoms with van der Waals surface area (Å²) in [5.41, 5.74) is -0.147. The summed E-state index contributed by atoms with van der Waals surface area (Å²) in [6.45, 7) is 3.30. The number of hydrogen-bond acceptors (Lipinski definition) is 4. The predicted molar refractivity (Wildman–Crippen MR) is 82.4 cm³/mol. The Balaban J connectivity index is 2.59. The summed E-state index contributed by atoms with van der Waals surface area (Å²) in [5.74, 6) is -0.925. The zero-order chi connectivity index (χ0) is 16.8. The molecule has 0 bridgehead atoms. The molecule has 0 fully saturated rings. The summed E-state index contributed by atoms with van der Waals surface area (Å²) in [5, 5.41) is 12.1. The van der Waals surface area contributed by atoms with Gasteiger partial charge in [-0.25, -0.2) is 0 Å². The molecule has 0 spiro atoms. The molecule has 1 aromatic carbocycles. The van der Waals surface area contributed by atoms with Crippen molar-refractivity contribution in [1.29, 1.82) is 0 Å². The Morgan fingerprint density at radius 1 is 1.41 bits per heavy atom. The van der Waals surface area contributed by atoms with Gasteiger partial charge in [0.05, 0.1) is 18.6 Å². The van der Waals surface area contributed by atoms with Crippen LogP contribution in [-0.2, 0) is 14.3 Å². The minimum absolute atomic E-state index is 0.0884. The molecule has 22 heavy (non-hydrogen) atoms. The SMILES string of the molecule is COCC(C)(CC(=O)O)NC(=O)COc1ccc(Cl)c(C)c1. The van der Waals surface area contributed by atoms with Crippen LogP contribution in [-0.4, -0.2) is 42.8 Å².